The number of hydrogen-bond acceptors (Lipinski definition) is 5. The second kappa shape index (κ2) is 10.6. The maximum Gasteiger partial charge on any atom is 0.303 e. The molecular formula is C22H29BrO6. The third-order valence-electron chi connectivity index (χ3n) is 5.74. The van der Waals surface area contributed by atoms with Crippen molar-refractivity contribution in [2.45, 2.75) is 61.3 Å². The van der Waals surface area contributed by atoms with Gasteiger partial charge < -0.3 is 24.8 Å². The number of carbonyl (C=O) groups is 1. The Labute approximate surface area is 179 Å². The van der Waals surface area contributed by atoms with Crippen LogP contribution in [0.5, 0.6) is 5.75 Å². The number of ether oxygens (including phenoxy) is 2. The molecule has 0 aromatic heterocycles. The molecule has 6 nitrogen and oxygen atoms in total. The molecule has 2 unspecified atom stereocenters. The fourth-order valence-electron chi connectivity index (χ4n) is 4.27. The molecule has 160 valence electrons. The summed E-state index contributed by atoms with van der Waals surface area (Å²) < 4.78 is 11.7. The van der Waals surface area contributed by atoms with E-state index in [-0.39, 0.29) is 41.9 Å². The van der Waals surface area contributed by atoms with Crippen LogP contribution in [0.4, 0.5) is 0 Å². The summed E-state index contributed by atoms with van der Waals surface area (Å²) in [7, 11) is 0. The first-order chi connectivity index (χ1) is 13.9. The van der Waals surface area contributed by atoms with Crippen LogP contribution in [-0.4, -0.2) is 57.1 Å². The first-order valence-electron chi connectivity index (χ1n) is 10.2. The number of carboxylic acids is 1. The van der Waals surface area contributed by atoms with Crippen LogP contribution in [0.3, 0.4) is 0 Å². The van der Waals surface area contributed by atoms with Gasteiger partial charge in [0.1, 0.15) is 18.5 Å². The third kappa shape index (κ3) is 6.28. The van der Waals surface area contributed by atoms with Gasteiger partial charge in [0, 0.05) is 23.6 Å². The molecule has 7 heteroatoms. The first-order valence-corrected chi connectivity index (χ1v) is 11.1. The van der Waals surface area contributed by atoms with Crippen LogP contribution in [-0.2, 0) is 9.53 Å². The van der Waals surface area contributed by atoms with Crippen LogP contribution >= 0.6 is 15.9 Å². The van der Waals surface area contributed by atoms with E-state index in [1.54, 1.807) is 6.08 Å². The summed E-state index contributed by atoms with van der Waals surface area (Å²) in [5, 5.41) is 29.4. The molecule has 1 saturated heterocycles. The normalized spacial score (nSPS) is 30.9. The second-order valence-electron chi connectivity index (χ2n) is 7.87. The number of carboxylic acid groups (broad SMARTS) is 1. The molecule has 1 saturated carbocycles. The highest BCUT2D eigenvalue weighted by Gasteiger charge is 2.49. The Bertz CT molecular complexity index is 681. The van der Waals surface area contributed by atoms with E-state index >= 15 is 0 Å². The lowest BCUT2D eigenvalue weighted by Crippen LogP contribution is -2.24. The molecular weight excluding hydrogens is 440 g/mol. The van der Waals surface area contributed by atoms with Crippen molar-refractivity contribution in [1.82, 2.24) is 0 Å². The zero-order valence-electron chi connectivity index (χ0n) is 16.3. The first kappa shape index (κ1) is 22.3. The van der Waals surface area contributed by atoms with Gasteiger partial charge in [0.15, 0.2) is 0 Å². The molecule has 29 heavy (non-hydrogen) atoms. The summed E-state index contributed by atoms with van der Waals surface area (Å²) >= 11 is 3.65. The van der Waals surface area contributed by atoms with Crippen LogP contribution in [0.15, 0.2) is 42.5 Å². The number of rotatable bonds is 10. The molecule has 1 heterocycles. The van der Waals surface area contributed by atoms with E-state index < -0.39 is 18.2 Å². The van der Waals surface area contributed by atoms with Gasteiger partial charge in [-0.25, -0.2) is 0 Å². The predicted octanol–water partition coefficient (Wildman–Crippen LogP) is 3.16. The van der Waals surface area contributed by atoms with Gasteiger partial charge in [0.25, 0.3) is 0 Å². The number of halogens is 1. The van der Waals surface area contributed by atoms with Crippen LogP contribution in [0, 0.1) is 11.8 Å². The molecule has 0 bridgehead atoms. The smallest absolute Gasteiger partial charge is 0.303 e. The molecule has 1 aromatic carbocycles. The monoisotopic (exact) mass is 468 g/mol. The van der Waals surface area contributed by atoms with E-state index in [9.17, 15) is 15.0 Å². The van der Waals surface area contributed by atoms with Crippen molar-refractivity contribution in [2.75, 3.05) is 6.61 Å². The number of aliphatic hydroxyl groups excluding tert-OH is 2. The van der Waals surface area contributed by atoms with Crippen LogP contribution in [0.1, 0.15) is 32.1 Å². The van der Waals surface area contributed by atoms with E-state index in [4.69, 9.17) is 14.6 Å². The average molecular weight is 469 g/mol. The summed E-state index contributed by atoms with van der Waals surface area (Å²) in [6.07, 6.45) is 5.31. The average Bonchev–Trinajstić information content (AvgIpc) is 3.22. The van der Waals surface area contributed by atoms with Gasteiger partial charge in [-0.3, -0.25) is 4.79 Å². The van der Waals surface area contributed by atoms with E-state index in [0.717, 1.165) is 12.8 Å². The van der Waals surface area contributed by atoms with Gasteiger partial charge in [-0.2, -0.15) is 0 Å². The minimum Gasteiger partial charge on any atom is -0.491 e. The highest BCUT2D eigenvalue weighted by atomic mass is 79.9. The van der Waals surface area contributed by atoms with Crippen molar-refractivity contribution in [3.8, 4) is 5.75 Å². The molecule has 0 spiro atoms. The minimum absolute atomic E-state index is 0.00175. The lowest BCUT2D eigenvalue weighted by atomic mass is 9.89. The number of aliphatic carboxylic acids is 1. The maximum absolute atomic E-state index is 10.7. The molecule has 1 aliphatic carbocycles. The van der Waals surface area contributed by atoms with Crippen molar-refractivity contribution < 1.29 is 29.6 Å². The van der Waals surface area contributed by atoms with Crippen molar-refractivity contribution in [3.05, 3.63) is 42.5 Å². The van der Waals surface area contributed by atoms with Crippen LogP contribution in [0.2, 0.25) is 0 Å². The van der Waals surface area contributed by atoms with E-state index in [2.05, 4.69) is 15.9 Å². The molecule has 3 rings (SSSR count). The fourth-order valence-corrected chi connectivity index (χ4v) is 4.93. The number of alkyl halides is 1. The van der Waals surface area contributed by atoms with Gasteiger partial charge in [-0.15, -0.1) is 0 Å². The van der Waals surface area contributed by atoms with Crippen molar-refractivity contribution in [2.24, 2.45) is 11.8 Å². The molecule has 0 amide bonds. The zero-order chi connectivity index (χ0) is 20.8. The molecule has 3 N–H and O–H groups in total. The van der Waals surface area contributed by atoms with Gasteiger partial charge in [0.2, 0.25) is 0 Å². The number of fused-ring (bicyclic) bond motifs is 1. The Morgan fingerprint density at radius 1 is 1.31 bits per heavy atom. The van der Waals surface area contributed by atoms with Crippen LogP contribution < -0.4 is 4.74 Å². The van der Waals surface area contributed by atoms with Gasteiger partial charge in [-0.05, 0) is 37.3 Å². The largest absolute Gasteiger partial charge is 0.491 e. The Morgan fingerprint density at radius 3 is 2.79 bits per heavy atom. The SMILES string of the molecule is O=C(O)CCCC(Br)C1C[C@@H]2[C@@H](C=C[C@@H](O)COc3ccccc3)[C@H](O)C[C@@H]2O1. The number of para-hydroxylation sites is 1. The molecule has 2 fully saturated rings. The van der Waals surface area contributed by atoms with Crippen molar-refractivity contribution in [3.63, 3.8) is 0 Å². The molecule has 0 radical (unpaired) electrons. The molecule has 7 atom stereocenters. The standard InChI is InChI=1S/C22H29BrO6/c23-18(7-4-8-22(26)27)21-11-17-16(19(25)12-20(17)29-21)10-9-14(24)13-28-15-5-2-1-3-6-15/h1-3,5-6,9-10,14,16-21,24-25H,4,7-8,11-13H2,(H,26,27)/t14-,16-,17-,18?,19-,20+,21?/m1/s1. The molecule has 1 aromatic rings. The fraction of sp³-hybridized carbons (Fsp3) is 0.591. The van der Waals surface area contributed by atoms with Gasteiger partial charge in [0.05, 0.1) is 18.3 Å². The van der Waals surface area contributed by atoms with Crippen molar-refractivity contribution in [1.29, 1.82) is 0 Å². The number of aliphatic hydroxyl groups is 2. The van der Waals surface area contributed by atoms with E-state index in [0.29, 0.717) is 18.6 Å². The maximum atomic E-state index is 10.7. The number of hydrogen-bond donors (Lipinski definition) is 3. The molecule has 2 aliphatic rings. The molecule has 1 aliphatic heterocycles. The lowest BCUT2D eigenvalue weighted by Gasteiger charge is -2.21. The Hall–Kier alpha value is -1.41. The Balaban J connectivity index is 1.48. The highest BCUT2D eigenvalue weighted by Crippen LogP contribution is 2.46. The Morgan fingerprint density at radius 2 is 2.07 bits per heavy atom. The summed E-state index contributed by atoms with van der Waals surface area (Å²) in [5.41, 5.74) is 0. The lowest BCUT2D eigenvalue weighted by molar-refractivity contribution is -0.137. The van der Waals surface area contributed by atoms with Crippen LogP contribution in [0.25, 0.3) is 0 Å². The predicted molar refractivity (Wildman–Crippen MR) is 112 cm³/mol. The summed E-state index contributed by atoms with van der Waals surface area (Å²) in [6.45, 7) is 0.156. The minimum atomic E-state index is -0.781. The number of benzene rings is 1. The zero-order valence-corrected chi connectivity index (χ0v) is 17.9. The van der Waals surface area contributed by atoms with E-state index in [1.807, 2.05) is 36.4 Å². The summed E-state index contributed by atoms with van der Waals surface area (Å²) in [4.78, 5) is 10.8. The summed E-state index contributed by atoms with van der Waals surface area (Å²) in [5.74, 6) is 0.0688. The topological polar surface area (TPSA) is 96.2 Å². The second-order valence-corrected chi connectivity index (χ2v) is 9.05. The Kier molecular flexibility index (Phi) is 8.12. The van der Waals surface area contributed by atoms with Gasteiger partial charge in [-0.1, -0.05) is 46.3 Å². The van der Waals surface area contributed by atoms with Gasteiger partial charge >= 0.3 is 5.97 Å². The summed E-state index contributed by atoms with van der Waals surface area (Å²) in [6, 6.07) is 9.33. The quantitative estimate of drug-likeness (QED) is 0.360. The highest BCUT2D eigenvalue weighted by molar-refractivity contribution is 9.09. The third-order valence-corrected chi connectivity index (χ3v) is 6.78. The van der Waals surface area contributed by atoms with Crippen molar-refractivity contribution >= 4 is 21.9 Å². The van der Waals surface area contributed by atoms with E-state index in [1.165, 1.54) is 0 Å².